The number of carbonyl (C=O) groups excluding carboxylic acids is 1. The number of hydrogen-bond acceptors (Lipinski definition) is 2. The lowest BCUT2D eigenvalue weighted by molar-refractivity contribution is -0.117. The summed E-state index contributed by atoms with van der Waals surface area (Å²) < 4.78 is 2.29. The number of nitrogens with zero attached hydrogens (tertiary/aromatic N) is 3. The summed E-state index contributed by atoms with van der Waals surface area (Å²) in [6.45, 7) is 5.56. The Balaban J connectivity index is 1.54. The van der Waals surface area contributed by atoms with Crippen LogP contribution in [0, 0.1) is 13.8 Å². The van der Waals surface area contributed by atoms with Gasteiger partial charge in [0.2, 0.25) is 5.91 Å². The smallest absolute Gasteiger partial charge is 0.227 e. The van der Waals surface area contributed by atoms with Gasteiger partial charge in [0.1, 0.15) is 5.82 Å². The molecule has 30 heavy (non-hydrogen) atoms. The van der Waals surface area contributed by atoms with E-state index in [-0.39, 0.29) is 11.8 Å². The molecule has 4 nitrogen and oxygen atoms in total. The molecule has 0 spiro atoms. The van der Waals surface area contributed by atoms with E-state index >= 15 is 0 Å². The van der Waals surface area contributed by atoms with Crippen molar-refractivity contribution < 1.29 is 4.79 Å². The third-order valence-electron chi connectivity index (χ3n) is 6.01. The van der Waals surface area contributed by atoms with Crippen molar-refractivity contribution in [3.63, 3.8) is 0 Å². The number of aryl methyl sites for hydroxylation is 2. The van der Waals surface area contributed by atoms with E-state index in [1.54, 1.807) is 0 Å². The topological polar surface area (TPSA) is 38.1 Å². The molecule has 1 aromatic heterocycles. The van der Waals surface area contributed by atoms with Gasteiger partial charge < -0.3 is 9.47 Å². The normalized spacial score (nSPS) is 16.5. The molecule has 1 fully saturated rings. The summed E-state index contributed by atoms with van der Waals surface area (Å²) >= 11 is 0. The fourth-order valence-electron chi connectivity index (χ4n) is 4.46. The van der Waals surface area contributed by atoms with Gasteiger partial charge in [-0.1, -0.05) is 54.6 Å². The van der Waals surface area contributed by atoms with Crippen LogP contribution in [0.25, 0.3) is 11.0 Å². The number of aromatic nitrogens is 2. The van der Waals surface area contributed by atoms with Gasteiger partial charge in [-0.2, -0.15) is 0 Å². The van der Waals surface area contributed by atoms with Gasteiger partial charge in [0.15, 0.2) is 0 Å². The van der Waals surface area contributed by atoms with Gasteiger partial charge >= 0.3 is 0 Å². The molecule has 0 N–H and O–H groups in total. The molecular weight excluding hydrogens is 370 g/mol. The van der Waals surface area contributed by atoms with Crippen molar-refractivity contribution in [2.45, 2.75) is 32.7 Å². The maximum atomic E-state index is 13.0. The fourth-order valence-corrected chi connectivity index (χ4v) is 4.46. The Morgan fingerprint density at radius 2 is 1.73 bits per heavy atom. The minimum Gasteiger partial charge on any atom is -0.323 e. The van der Waals surface area contributed by atoms with Crippen molar-refractivity contribution >= 4 is 22.6 Å². The summed E-state index contributed by atoms with van der Waals surface area (Å²) in [5.41, 5.74) is 6.66. The molecule has 1 aliphatic rings. The molecule has 5 rings (SSSR count). The maximum absolute atomic E-state index is 13.0. The molecule has 150 valence electrons. The Morgan fingerprint density at radius 3 is 2.57 bits per heavy atom. The Hall–Kier alpha value is -3.40. The molecule has 0 aliphatic carbocycles. The van der Waals surface area contributed by atoms with E-state index < -0.39 is 0 Å². The second kappa shape index (κ2) is 7.45. The minimum absolute atomic E-state index is 0.0773. The van der Waals surface area contributed by atoms with Crippen LogP contribution < -0.4 is 4.90 Å². The highest BCUT2D eigenvalue weighted by Crippen LogP contribution is 2.35. The van der Waals surface area contributed by atoms with E-state index in [1.165, 1.54) is 11.1 Å². The zero-order valence-corrected chi connectivity index (χ0v) is 17.4. The molecule has 0 unspecified atom stereocenters. The average molecular weight is 396 g/mol. The van der Waals surface area contributed by atoms with Crippen LogP contribution in [0.2, 0.25) is 0 Å². The van der Waals surface area contributed by atoms with Gasteiger partial charge in [0.25, 0.3) is 0 Å². The van der Waals surface area contributed by atoms with Crippen LogP contribution >= 0.6 is 0 Å². The quantitative estimate of drug-likeness (QED) is 0.475. The zero-order chi connectivity index (χ0) is 20.7. The van der Waals surface area contributed by atoms with Crippen LogP contribution in [0.1, 0.15) is 34.9 Å². The van der Waals surface area contributed by atoms with Gasteiger partial charge in [-0.15, -0.1) is 0 Å². The summed E-state index contributed by atoms with van der Waals surface area (Å²) in [4.78, 5) is 19.9. The highest BCUT2D eigenvalue weighted by Gasteiger charge is 2.35. The first kappa shape index (κ1) is 18.6. The van der Waals surface area contributed by atoms with Crippen LogP contribution in [0.3, 0.4) is 0 Å². The van der Waals surface area contributed by atoms with Gasteiger partial charge in [0.05, 0.1) is 11.0 Å². The van der Waals surface area contributed by atoms with Crippen LogP contribution in [0.5, 0.6) is 0 Å². The third-order valence-corrected chi connectivity index (χ3v) is 6.01. The molecule has 1 amide bonds. The minimum atomic E-state index is 0.0773. The van der Waals surface area contributed by atoms with Crippen LogP contribution in [0.15, 0.2) is 72.8 Å². The SMILES string of the molecule is Cc1ccc(C)c(N2C[C@@H](c3nc4ccccc4n3Cc3ccccc3)CC2=O)c1. The maximum Gasteiger partial charge on any atom is 0.227 e. The van der Waals surface area contributed by atoms with Gasteiger partial charge in [0, 0.05) is 31.1 Å². The molecule has 4 heteroatoms. The van der Waals surface area contributed by atoms with Gasteiger partial charge in [-0.25, -0.2) is 4.98 Å². The Kier molecular flexibility index (Phi) is 4.62. The van der Waals surface area contributed by atoms with Gasteiger partial charge in [-0.05, 0) is 48.7 Å². The monoisotopic (exact) mass is 395 g/mol. The molecule has 3 aromatic carbocycles. The Labute approximate surface area is 176 Å². The predicted octanol–water partition coefficient (Wildman–Crippen LogP) is 5.22. The van der Waals surface area contributed by atoms with Crippen molar-refractivity contribution in [2.24, 2.45) is 0 Å². The van der Waals surface area contributed by atoms with Crippen LogP contribution in [-0.4, -0.2) is 22.0 Å². The highest BCUT2D eigenvalue weighted by atomic mass is 16.2. The van der Waals surface area contributed by atoms with E-state index in [2.05, 4.69) is 79.1 Å². The van der Waals surface area contributed by atoms with E-state index in [1.807, 2.05) is 17.0 Å². The molecule has 1 aliphatic heterocycles. The Morgan fingerprint density at radius 1 is 0.967 bits per heavy atom. The first-order valence-electron chi connectivity index (χ1n) is 10.5. The van der Waals surface area contributed by atoms with Gasteiger partial charge in [-0.3, -0.25) is 4.79 Å². The third kappa shape index (κ3) is 3.28. The standard InChI is InChI=1S/C26H25N3O/c1-18-12-13-19(2)24(14-18)28-17-21(15-25(28)30)26-27-22-10-6-7-11-23(22)29(26)16-20-8-4-3-5-9-20/h3-14,21H,15-17H2,1-2H3/t21-/m0/s1. The second-order valence-corrected chi connectivity index (χ2v) is 8.23. The first-order chi connectivity index (χ1) is 14.6. The van der Waals surface area contributed by atoms with Crippen molar-refractivity contribution in [3.8, 4) is 0 Å². The number of benzene rings is 3. The number of hydrogen-bond donors (Lipinski definition) is 0. The number of carbonyl (C=O) groups is 1. The molecule has 2 heterocycles. The molecule has 4 aromatic rings. The first-order valence-corrected chi connectivity index (χ1v) is 10.5. The lowest BCUT2D eigenvalue weighted by atomic mass is 10.1. The van der Waals surface area contributed by atoms with E-state index in [0.717, 1.165) is 34.7 Å². The molecule has 0 bridgehead atoms. The zero-order valence-electron chi connectivity index (χ0n) is 17.4. The second-order valence-electron chi connectivity index (χ2n) is 8.23. The number of rotatable bonds is 4. The average Bonchev–Trinajstić information content (AvgIpc) is 3.31. The molecule has 0 radical (unpaired) electrons. The molecule has 1 saturated heterocycles. The summed E-state index contributed by atoms with van der Waals surface area (Å²) in [5.74, 6) is 1.25. The molecule has 0 saturated carbocycles. The number of anilines is 1. The van der Waals surface area contributed by atoms with E-state index in [9.17, 15) is 4.79 Å². The number of fused-ring (bicyclic) bond motifs is 1. The highest BCUT2D eigenvalue weighted by molar-refractivity contribution is 5.97. The van der Waals surface area contributed by atoms with E-state index in [4.69, 9.17) is 4.98 Å². The lowest BCUT2D eigenvalue weighted by Gasteiger charge is -2.20. The van der Waals surface area contributed by atoms with Crippen molar-refractivity contribution in [3.05, 3.63) is 95.3 Å². The molecule has 1 atom stereocenters. The van der Waals surface area contributed by atoms with Crippen LogP contribution in [-0.2, 0) is 11.3 Å². The largest absolute Gasteiger partial charge is 0.323 e. The predicted molar refractivity (Wildman–Crippen MR) is 121 cm³/mol. The fraction of sp³-hybridized carbons (Fsp3) is 0.231. The number of imidazole rings is 1. The number of para-hydroxylation sites is 2. The van der Waals surface area contributed by atoms with Crippen molar-refractivity contribution in [2.75, 3.05) is 11.4 Å². The van der Waals surface area contributed by atoms with Crippen LogP contribution in [0.4, 0.5) is 5.69 Å². The summed E-state index contributed by atoms with van der Waals surface area (Å²) in [6.07, 6.45) is 0.492. The van der Waals surface area contributed by atoms with Crippen molar-refractivity contribution in [1.29, 1.82) is 0 Å². The summed E-state index contributed by atoms with van der Waals surface area (Å²) in [6, 6.07) is 25.0. The van der Waals surface area contributed by atoms with Crippen molar-refractivity contribution in [1.82, 2.24) is 9.55 Å². The van der Waals surface area contributed by atoms with E-state index in [0.29, 0.717) is 13.0 Å². The Bertz CT molecular complexity index is 1230. The number of amides is 1. The summed E-state index contributed by atoms with van der Waals surface area (Å²) in [5, 5.41) is 0. The lowest BCUT2D eigenvalue weighted by Crippen LogP contribution is -2.25. The molecular formula is C26H25N3O. The summed E-state index contributed by atoms with van der Waals surface area (Å²) in [7, 11) is 0.